The van der Waals surface area contributed by atoms with Gasteiger partial charge in [0.15, 0.2) is 0 Å². The Balaban J connectivity index is 1.81. The van der Waals surface area contributed by atoms with Crippen molar-refractivity contribution in [1.82, 2.24) is 15.1 Å². The van der Waals surface area contributed by atoms with E-state index in [1.165, 1.54) is 0 Å². The van der Waals surface area contributed by atoms with Crippen LogP contribution >= 0.6 is 0 Å². The number of aromatic nitrogens is 2. The molecule has 0 spiro atoms. The summed E-state index contributed by atoms with van der Waals surface area (Å²) in [7, 11) is 1.89. The predicted molar refractivity (Wildman–Crippen MR) is 63.4 cm³/mol. The molecule has 0 bridgehead atoms. The summed E-state index contributed by atoms with van der Waals surface area (Å²) in [5.41, 5.74) is 1.14. The third kappa shape index (κ3) is 3.30. The van der Waals surface area contributed by atoms with Gasteiger partial charge >= 0.3 is 5.97 Å². The standard InChI is InChI=1S/C12H19N3O2/c1-15-8-9(7-14-15)6-13-11-4-2-3-10(5-11)12(16)17/h7-8,10-11,13H,2-6H2,1H3,(H,16,17). The fourth-order valence-corrected chi connectivity index (χ4v) is 2.42. The van der Waals surface area contributed by atoms with E-state index in [2.05, 4.69) is 10.4 Å². The second-order valence-electron chi connectivity index (χ2n) is 4.80. The van der Waals surface area contributed by atoms with E-state index in [0.29, 0.717) is 6.04 Å². The zero-order valence-electron chi connectivity index (χ0n) is 10.1. The Labute approximate surface area is 101 Å². The summed E-state index contributed by atoms with van der Waals surface area (Å²) in [6.07, 6.45) is 7.46. The van der Waals surface area contributed by atoms with Gasteiger partial charge in [-0.25, -0.2) is 0 Å². The van der Waals surface area contributed by atoms with Crippen LogP contribution in [0.4, 0.5) is 0 Å². The number of carbonyl (C=O) groups is 1. The maximum atomic E-state index is 10.9. The van der Waals surface area contributed by atoms with Gasteiger partial charge in [-0.2, -0.15) is 5.10 Å². The molecule has 2 unspecified atom stereocenters. The first-order chi connectivity index (χ1) is 8.15. The van der Waals surface area contributed by atoms with E-state index in [4.69, 9.17) is 5.11 Å². The van der Waals surface area contributed by atoms with Crippen molar-refractivity contribution in [3.05, 3.63) is 18.0 Å². The normalized spacial score (nSPS) is 24.8. The molecular formula is C12H19N3O2. The second kappa shape index (κ2) is 5.31. The summed E-state index contributed by atoms with van der Waals surface area (Å²) >= 11 is 0. The molecule has 1 saturated carbocycles. The van der Waals surface area contributed by atoms with E-state index in [1.54, 1.807) is 4.68 Å². The first kappa shape index (κ1) is 12.1. The van der Waals surface area contributed by atoms with Gasteiger partial charge in [0.25, 0.3) is 0 Å². The third-order valence-electron chi connectivity index (χ3n) is 3.38. The molecule has 1 heterocycles. The maximum Gasteiger partial charge on any atom is 0.306 e. The molecule has 2 atom stereocenters. The van der Waals surface area contributed by atoms with Gasteiger partial charge in [-0.15, -0.1) is 0 Å². The summed E-state index contributed by atoms with van der Waals surface area (Å²) in [6.45, 7) is 0.769. The summed E-state index contributed by atoms with van der Waals surface area (Å²) in [5.74, 6) is -0.826. The van der Waals surface area contributed by atoms with Crippen molar-refractivity contribution in [2.24, 2.45) is 13.0 Å². The smallest absolute Gasteiger partial charge is 0.306 e. The van der Waals surface area contributed by atoms with Crippen molar-refractivity contribution in [3.8, 4) is 0 Å². The average Bonchev–Trinajstić information content (AvgIpc) is 2.73. The van der Waals surface area contributed by atoms with Gasteiger partial charge in [-0.1, -0.05) is 6.42 Å². The van der Waals surface area contributed by atoms with Gasteiger partial charge in [0, 0.05) is 31.4 Å². The monoisotopic (exact) mass is 237 g/mol. The van der Waals surface area contributed by atoms with Crippen LogP contribution in [0, 0.1) is 5.92 Å². The summed E-state index contributed by atoms with van der Waals surface area (Å²) in [4.78, 5) is 10.9. The van der Waals surface area contributed by atoms with E-state index in [-0.39, 0.29) is 5.92 Å². The highest BCUT2D eigenvalue weighted by atomic mass is 16.4. The topological polar surface area (TPSA) is 67.2 Å². The molecule has 1 aromatic heterocycles. The van der Waals surface area contributed by atoms with Gasteiger partial charge in [-0.05, 0) is 19.3 Å². The largest absolute Gasteiger partial charge is 0.481 e. The first-order valence-corrected chi connectivity index (χ1v) is 6.09. The number of carboxylic acid groups (broad SMARTS) is 1. The van der Waals surface area contributed by atoms with Gasteiger partial charge in [0.05, 0.1) is 12.1 Å². The molecule has 0 radical (unpaired) electrons. The van der Waals surface area contributed by atoms with Crippen LogP contribution in [0.3, 0.4) is 0 Å². The lowest BCUT2D eigenvalue weighted by Gasteiger charge is -2.27. The zero-order chi connectivity index (χ0) is 12.3. The van der Waals surface area contributed by atoms with Crippen molar-refractivity contribution in [2.45, 2.75) is 38.3 Å². The Morgan fingerprint density at radius 3 is 3.12 bits per heavy atom. The number of aryl methyl sites for hydroxylation is 1. The Morgan fingerprint density at radius 1 is 1.65 bits per heavy atom. The van der Waals surface area contributed by atoms with E-state index in [9.17, 15) is 4.79 Å². The molecule has 0 saturated heterocycles. The molecule has 5 nitrogen and oxygen atoms in total. The number of hydrogen-bond donors (Lipinski definition) is 2. The molecule has 2 rings (SSSR count). The van der Waals surface area contributed by atoms with Crippen molar-refractivity contribution in [2.75, 3.05) is 0 Å². The highest BCUT2D eigenvalue weighted by Gasteiger charge is 2.26. The summed E-state index contributed by atoms with van der Waals surface area (Å²) in [5, 5.41) is 16.5. The van der Waals surface area contributed by atoms with E-state index >= 15 is 0 Å². The zero-order valence-corrected chi connectivity index (χ0v) is 10.1. The Bertz CT molecular complexity index is 389. The number of rotatable bonds is 4. The molecule has 17 heavy (non-hydrogen) atoms. The predicted octanol–water partition coefficient (Wildman–Crippen LogP) is 1.15. The van der Waals surface area contributed by atoms with Crippen molar-refractivity contribution >= 4 is 5.97 Å². The fraction of sp³-hybridized carbons (Fsp3) is 0.667. The van der Waals surface area contributed by atoms with Crippen LogP contribution in [0.5, 0.6) is 0 Å². The molecule has 1 aliphatic rings. The average molecular weight is 237 g/mol. The number of hydrogen-bond acceptors (Lipinski definition) is 3. The van der Waals surface area contributed by atoms with Crippen LogP contribution in [0.1, 0.15) is 31.2 Å². The lowest BCUT2D eigenvalue weighted by Crippen LogP contribution is -2.35. The molecular weight excluding hydrogens is 218 g/mol. The van der Waals surface area contributed by atoms with E-state index in [1.807, 2.05) is 19.4 Å². The lowest BCUT2D eigenvalue weighted by molar-refractivity contribution is -0.143. The van der Waals surface area contributed by atoms with E-state index < -0.39 is 5.97 Å². The lowest BCUT2D eigenvalue weighted by atomic mass is 9.86. The van der Waals surface area contributed by atoms with Crippen molar-refractivity contribution in [3.63, 3.8) is 0 Å². The van der Waals surface area contributed by atoms with Crippen LogP contribution in [-0.4, -0.2) is 26.9 Å². The maximum absolute atomic E-state index is 10.9. The fourth-order valence-electron chi connectivity index (χ4n) is 2.42. The van der Waals surface area contributed by atoms with E-state index in [0.717, 1.165) is 37.8 Å². The highest BCUT2D eigenvalue weighted by Crippen LogP contribution is 2.24. The molecule has 0 aromatic carbocycles. The number of nitrogens with zero attached hydrogens (tertiary/aromatic N) is 2. The molecule has 94 valence electrons. The molecule has 1 aliphatic carbocycles. The number of aliphatic carboxylic acids is 1. The van der Waals surface area contributed by atoms with Crippen molar-refractivity contribution < 1.29 is 9.90 Å². The van der Waals surface area contributed by atoms with Gasteiger partial charge in [0.2, 0.25) is 0 Å². The second-order valence-corrected chi connectivity index (χ2v) is 4.80. The molecule has 0 aliphatic heterocycles. The Hall–Kier alpha value is -1.36. The number of carboxylic acids is 1. The van der Waals surface area contributed by atoms with Crippen LogP contribution in [0.2, 0.25) is 0 Å². The third-order valence-corrected chi connectivity index (χ3v) is 3.38. The molecule has 2 N–H and O–H groups in total. The molecule has 5 heteroatoms. The minimum absolute atomic E-state index is 0.171. The minimum Gasteiger partial charge on any atom is -0.481 e. The number of nitrogens with one attached hydrogen (secondary N) is 1. The quantitative estimate of drug-likeness (QED) is 0.824. The Kier molecular flexibility index (Phi) is 3.78. The minimum atomic E-state index is -0.655. The Morgan fingerprint density at radius 2 is 2.47 bits per heavy atom. The first-order valence-electron chi connectivity index (χ1n) is 6.09. The molecule has 0 amide bonds. The van der Waals surface area contributed by atoms with Crippen LogP contribution in [-0.2, 0) is 18.4 Å². The van der Waals surface area contributed by atoms with Crippen LogP contribution in [0.15, 0.2) is 12.4 Å². The summed E-state index contributed by atoms with van der Waals surface area (Å²) < 4.78 is 1.78. The van der Waals surface area contributed by atoms with Gasteiger partial charge in [-0.3, -0.25) is 9.48 Å². The summed E-state index contributed by atoms with van der Waals surface area (Å²) in [6, 6.07) is 0.324. The van der Waals surface area contributed by atoms with Gasteiger partial charge in [0.1, 0.15) is 0 Å². The SMILES string of the molecule is Cn1cc(CNC2CCCC(C(=O)O)C2)cn1. The van der Waals surface area contributed by atoms with Crippen LogP contribution < -0.4 is 5.32 Å². The van der Waals surface area contributed by atoms with Crippen LogP contribution in [0.25, 0.3) is 0 Å². The highest BCUT2D eigenvalue weighted by molar-refractivity contribution is 5.70. The molecule has 1 aromatic rings. The molecule has 1 fully saturated rings. The van der Waals surface area contributed by atoms with Gasteiger partial charge < -0.3 is 10.4 Å². The van der Waals surface area contributed by atoms with Crippen molar-refractivity contribution in [1.29, 1.82) is 0 Å².